The number of hydrogen-bond donors (Lipinski definition) is 1. The molecule has 0 spiro atoms. The third-order valence-corrected chi connectivity index (χ3v) is 2.42. The van der Waals surface area contributed by atoms with Crippen LogP contribution in [0.4, 0.5) is 0 Å². The lowest BCUT2D eigenvalue weighted by atomic mass is 9.94. The van der Waals surface area contributed by atoms with Crippen molar-refractivity contribution in [1.82, 2.24) is 5.32 Å². The van der Waals surface area contributed by atoms with Crippen molar-refractivity contribution in [1.29, 1.82) is 0 Å². The summed E-state index contributed by atoms with van der Waals surface area (Å²) in [4.78, 5) is 0. The van der Waals surface area contributed by atoms with Gasteiger partial charge in [-0.25, -0.2) is 0 Å². The lowest BCUT2D eigenvalue weighted by molar-refractivity contribution is 0.451. The summed E-state index contributed by atoms with van der Waals surface area (Å²) in [5, 5.41) is 3.49. The maximum absolute atomic E-state index is 3.49. The fourth-order valence-electron chi connectivity index (χ4n) is 1.87. The Morgan fingerprint density at radius 3 is 3.00 bits per heavy atom. The molecule has 2 unspecified atom stereocenters. The van der Waals surface area contributed by atoms with Gasteiger partial charge in [-0.1, -0.05) is 20.3 Å². The van der Waals surface area contributed by atoms with Crippen LogP contribution in [0, 0.1) is 12.3 Å². The maximum Gasteiger partial charge on any atom is 0.0124 e. The van der Waals surface area contributed by atoms with Gasteiger partial charge in [0.2, 0.25) is 0 Å². The van der Waals surface area contributed by atoms with Crippen LogP contribution in [0.2, 0.25) is 0 Å². The van der Waals surface area contributed by atoms with E-state index >= 15 is 0 Å². The first-order valence-corrected chi connectivity index (χ1v) is 4.41. The minimum atomic E-state index is 0.708. The van der Waals surface area contributed by atoms with E-state index in [1.165, 1.54) is 25.8 Å². The largest absolute Gasteiger partial charge is 0.313 e. The Kier molecular flexibility index (Phi) is 3.20. The van der Waals surface area contributed by atoms with Crippen LogP contribution in [0.3, 0.4) is 0 Å². The normalized spacial score (nSPS) is 33.0. The van der Waals surface area contributed by atoms with Gasteiger partial charge in [0.1, 0.15) is 0 Å². The minimum absolute atomic E-state index is 0.708. The molecule has 10 heavy (non-hydrogen) atoms. The summed E-state index contributed by atoms with van der Waals surface area (Å²) in [7, 11) is 0. The summed E-state index contributed by atoms with van der Waals surface area (Å²) in [5.41, 5.74) is 0. The second-order valence-electron chi connectivity index (χ2n) is 3.15. The van der Waals surface area contributed by atoms with E-state index in [0.717, 1.165) is 5.92 Å². The number of hydrogen-bond acceptors (Lipinski definition) is 1. The van der Waals surface area contributed by atoms with E-state index < -0.39 is 0 Å². The van der Waals surface area contributed by atoms with Gasteiger partial charge in [-0.15, -0.1) is 0 Å². The molecule has 0 saturated carbocycles. The molecule has 0 aromatic rings. The third kappa shape index (κ3) is 1.72. The zero-order valence-corrected chi connectivity index (χ0v) is 7.06. The molecular weight excluding hydrogens is 122 g/mol. The van der Waals surface area contributed by atoms with Crippen LogP contribution in [0.1, 0.15) is 33.1 Å². The highest BCUT2D eigenvalue weighted by atomic mass is 14.9. The molecule has 1 nitrogen and oxygen atoms in total. The molecule has 1 radical (unpaired) electrons. The lowest BCUT2D eigenvalue weighted by Gasteiger charge is -2.15. The summed E-state index contributed by atoms with van der Waals surface area (Å²) >= 11 is 0. The Labute approximate surface area is 64.2 Å². The van der Waals surface area contributed by atoms with E-state index in [-0.39, 0.29) is 0 Å². The van der Waals surface area contributed by atoms with E-state index in [4.69, 9.17) is 0 Å². The van der Waals surface area contributed by atoms with Crippen LogP contribution < -0.4 is 5.32 Å². The van der Waals surface area contributed by atoms with Crippen LogP contribution in [-0.2, 0) is 0 Å². The molecule has 1 rings (SSSR count). The Hall–Kier alpha value is -0.0400. The highest BCUT2D eigenvalue weighted by Gasteiger charge is 2.23. The molecule has 1 aliphatic heterocycles. The summed E-state index contributed by atoms with van der Waals surface area (Å²) in [6.07, 6.45) is 6.40. The first-order chi connectivity index (χ1) is 4.88. The second-order valence-corrected chi connectivity index (χ2v) is 3.15. The average molecular weight is 140 g/mol. The fraction of sp³-hybridized carbons (Fsp3) is 0.889. The summed E-state index contributed by atoms with van der Waals surface area (Å²) in [5.74, 6) is 0.926. The van der Waals surface area contributed by atoms with Gasteiger partial charge < -0.3 is 5.32 Å². The van der Waals surface area contributed by atoms with Crippen molar-refractivity contribution < 1.29 is 0 Å². The predicted molar refractivity (Wildman–Crippen MR) is 44.8 cm³/mol. The quantitative estimate of drug-likeness (QED) is 0.632. The molecule has 1 heteroatoms. The van der Waals surface area contributed by atoms with Crippen molar-refractivity contribution >= 4 is 0 Å². The van der Waals surface area contributed by atoms with Gasteiger partial charge in [-0.05, 0) is 31.7 Å². The Bertz CT molecular complexity index is 90.7. The van der Waals surface area contributed by atoms with Gasteiger partial charge in [-0.3, -0.25) is 0 Å². The maximum atomic E-state index is 3.49. The van der Waals surface area contributed by atoms with Crippen molar-refractivity contribution in [2.24, 2.45) is 5.92 Å². The van der Waals surface area contributed by atoms with E-state index in [2.05, 4.69) is 25.6 Å². The Morgan fingerprint density at radius 1 is 1.60 bits per heavy atom. The summed E-state index contributed by atoms with van der Waals surface area (Å²) < 4.78 is 0. The zero-order chi connectivity index (χ0) is 7.40. The van der Waals surface area contributed by atoms with Gasteiger partial charge in [0.05, 0.1) is 0 Å². The highest BCUT2D eigenvalue weighted by molar-refractivity contribution is 4.90. The van der Waals surface area contributed by atoms with Crippen LogP contribution in [-0.4, -0.2) is 12.6 Å². The molecule has 0 bridgehead atoms. The lowest BCUT2D eigenvalue weighted by Crippen LogP contribution is -2.26. The molecule has 0 aromatic heterocycles. The standard InChI is InChI=1S/C9H18N/c1-3-5-8-6-7-10-9(8)4-2/h4,8-10H,3,5-7H2,1-2H3. The van der Waals surface area contributed by atoms with E-state index in [1.807, 2.05) is 0 Å². The third-order valence-electron chi connectivity index (χ3n) is 2.42. The number of nitrogens with one attached hydrogen (secondary N) is 1. The van der Waals surface area contributed by atoms with Gasteiger partial charge in [0, 0.05) is 6.04 Å². The molecule has 0 aliphatic carbocycles. The molecule has 0 amide bonds. The molecule has 1 saturated heterocycles. The van der Waals surface area contributed by atoms with Crippen LogP contribution >= 0.6 is 0 Å². The predicted octanol–water partition coefficient (Wildman–Crippen LogP) is 1.99. The molecule has 1 fully saturated rings. The van der Waals surface area contributed by atoms with Crippen molar-refractivity contribution in [2.75, 3.05) is 6.54 Å². The monoisotopic (exact) mass is 140 g/mol. The van der Waals surface area contributed by atoms with Crippen LogP contribution in [0.5, 0.6) is 0 Å². The Balaban J connectivity index is 2.27. The van der Waals surface area contributed by atoms with Crippen LogP contribution in [0.15, 0.2) is 0 Å². The number of rotatable bonds is 3. The second kappa shape index (κ2) is 3.97. The van der Waals surface area contributed by atoms with Crippen LogP contribution in [0.25, 0.3) is 0 Å². The molecule has 2 atom stereocenters. The molecule has 0 aromatic carbocycles. The first-order valence-electron chi connectivity index (χ1n) is 4.41. The van der Waals surface area contributed by atoms with Crippen molar-refractivity contribution in [3.8, 4) is 0 Å². The molecular formula is C9H18N. The van der Waals surface area contributed by atoms with Crippen molar-refractivity contribution in [3.05, 3.63) is 6.42 Å². The topological polar surface area (TPSA) is 12.0 Å². The minimum Gasteiger partial charge on any atom is -0.313 e. The summed E-state index contributed by atoms with van der Waals surface area (Å²) in [6, 6.07) is 0.708. The molecule has 1 N–H and O–H groups in total. The first kappa shape index (κ1) is 8.06. The highest BCUT2D eigenvalue weighted by Crippen LogP contribution is 2.21. The van der Waals surface area contributed by atoms with Crippen molar-refractivity contribution in [3.63, 3.8) is 0 Å². The summed E-state index contributed by atoms with van der Waals surface area (Å²) in [6.45, 7) is 5.65. The van der Waals surface area contributed by atoms with E-state index in [9.17, 15) is 0 Å². The van der Waals surface area contributed by atoms with Gasteiger partial charge in [0.25, 0.3) is 0 Å². The average Bonchev–Trinajstić information content (AvgIpc) is 2.36. The zero-order valence-electron chi connectivity index (χ0n) is 7.06. The van der Waals surface area contributed by atoms with E-state index in [1.54, 1.807) is 0 Å². The van der Waals surface area contributed by atoms with E-state index in [0.29, 0.717) is 6.04 Å². The fourth-order valence-corrected chi connectivity index (χ4v) is 1.87. The Morgan fingerprint density at radius 2 is 2.40 bits per heavy atom. The molecule has 1 aliphatic rings. The smallest absolute Gasteiger partial charge is 0.0124 e. The van der Waals surface area contributed by atoms with Gasteiger partial charge in [-0.2, -0.15) is 0 Å². The van der Waals surface area contributed by atoms with Crippen molar-refractivity contribution in [2.45, 2.75) is 39.2 Å². The van der Waals surface area contributed by atoms with Gasteiger partial charge >= 0.3 is 0 Å². The SMILES string of the molecule is C[CH]C1NCCC1CCC. The van der Waals surface area contributed by atoms with Gasteiger partial charge in [0.15, 0.2) is 0 Å². The molecule has 1 heterocycles. The molecule has 59 valence electrons.